The molecular weight excluding hydrogens is 378 g/mol. The van der Waals surface area contributed by atoms with Crippen molar-refractivity contribution in [3.8, 4) is 0 Å². The molecule has 0 saturated heterocycles. The van der Waals surface area contributed by atoms with Crippen molar-refractivity contribution in [1.82, 2.24) is 10.0 Å². The van der Waals surface area contributed by atoms with Crippen LogP contribution in [0.3, 0.4) is 0 Å². The van der Waals surface area contributed by atoms with Gasteiger partial charge < -0.3 is 15.8 Å². The van der Waals surface area contributed by atoms with Gasteiger partial charge in [0.1, 0.15) is 0 Å². The summed E-state index contributed by atoms with van der Waals surface area (Å²) in [5.41, 5.74) is 6.57. The zero-order chi connectivity index (χ0) is 18.3. The molecule has 2 rings (SSSR count). The van der Waals surface area contributed by atoms with E-state index in [1.54, 1.807) is 12.1 Å². The lowest BCUT2D eigenvalue weighted by molar-refractivity contribution is -0.126. The minimum Gasteiger partial charge on any atom is -0.383 e. The van der Waals surface area contributed by atoms with Crippen LogP contribution in [0.25, 0.3) is 0 Å². The van der Waals surface area contributed by atoms with Gasteiger partial charge in [-0.3, -0.25) is 4.79 Å². The molecule has 0 aliphatic heterocycles. The van der Waals surface area contributed by atoms with Gasteiger partial charge in [-0.05, 0) is 43.0 Å². The van der Waals surface area contributed by atoms with E-state index < -0.39 is 10.0 Å². The van der Waals surface area contributed by atoms with E-state index in [1.165, 1.54) is 19.2 Å². The van der Waals surface area contributed by atoms with Crippen LogP contribution < -0.4 is 15.8 Å². The molecule has 0 aromatic heterocycles. The Labute approximate surface area is 161 Å². The highest BCUT2D eigenvalue weighted by atomic mass is 35.5. The van der Waals surface area contributed by atoms with E-state index >= 15 is 0 Å². The molecule has 1 aliphatic rings. The normalized spacial score (nSPS) is 19.8. The van der Waals surface area contributed by atoms with E-state index in [1.807, 2.05) is 0 Å². The zero-order valence-electron chi connectivity index (χ0n) is 14.9. The average Bonchev–Trinajstić information content (AvgIpc) is 3.09. The van der Waals surface area contributed by atoms with E-state index in [2.05, 4.69) is 10.0 Å². The summed E-state index contributed by atoms with van der Waals surface area (Å²) >= 11 is 0. The maximum absolute atomic E-state index is 12.3. The SMILES string of the molecule is COCCNS(=O)(=O)c1ccc(CNC(=O)[C@@H]2CCC[C@@H]2CN)cc1.Cl. The monoisotopic (exact) mass is 405 g/mol. The molecule has 1 fully saturated rings. The highest BCUT2D eigenvalue weighted by Crippen LogP contribution is 2.31. The third-order valence-corrected chi connectivity index (χ3v) is 6.07. The smallest absolute Gasteiger partial charge is 0.240 e. The van der Waals surface area contributed by atoms with Crippen LogP contribution in [0.4, 0.5) is 0 Å². The van der Waals surface area contributed by atoms with E-state index in [-0.39, 0.29) is 41.6 Å². The summed E-state index contributed by atoms with van der Waals surface area (Å²) in [6.07, 6.45) is 2.94. The van der Waals surface area contributed by atoms with Crippen LogP contribution in [0.5, 0.6) is 0 Å². The van der Waals surface area contributed by atoms with Crippen LogP contribution >= 0.6 is 12.4 Å². The van der Waals surface area contributed by atoms with Gasteiger partial charge in [-0.1, -0.05) is 18.6 Å². The molecule has 9 heteroatoms. The van der Waals surface area contributed by atoms with E-state index in [4.69, 9.17) is 10.5 Å². The molecule has 0 heterocycles. The number of nitrogens with two attached hydrogens (primary N) is 1. The molecule has 1 saturated carbocycles. The summed E-state index contributed by atoms with van der Waals surface area (Å²) in [6.45, 7) is 1.46. The number of methoxy groups -OCH3 is 1. The zero-order valence-corrected chi connectivity index (χ0v) is 16.6. The molecule has 2 atom stereocenters. The van der Waals surface area contributed by atoms with Crippen molar-refractivity contribution >= 4 is 28.3 Å². The van der Waals surface area contributed by atoms with Crippen LogP contribution in [0, 0.1) is 11.8 Å². The van der Waals surface area contributed by atoms with Gasteiger partial charge in [0, 0.05) is 26.1 Å². The standard InChI is InChI=1S/C17H27N3O4S.ClH/c1-24-10-9-20-25(22,23)15-7-5-13(6-8-15)12-19-17(21)16-4-2-3-14(16)11-18;/h5-8,14,16,20H,2-4,9-12,18H2,1H3,(H,19,21);1H/t14-,16-;/m1./s1. The summed E-state index contributed by atoms with van der Waals surface area (Å²) in [5.74, 6) is 0.297. The Hall–Kier alpha value is -1.19. The van der Waals surface area contributed by atoms with Gasteiger partial charge in [-0.15, -0.1) is 12.4 Å². The van der Waals surface area contributed by atoms with Crippen molar-refractivity contribution in [3.63, 3.8) is 0 Å². The third-order valence-electron chi connectivity index (χ3n) is 4.60. The first-order valence-electron chi connectivity index (χ1n) is 8.53. The van der Waals surface area contributed by atoms with E-state index in [0.29, 0.717) is 19.7 Å². The minimum atomic E-state index is -3.54. The molecule has 0 bridgehead atoms. The maximum Gasteiger partial charge on any atom is 0.240 e. The fourth-order valence-corrected chi connectivity index (χ4v) is 4.15. The highest BCUT2D eigenvalue weighted by molar-refractivity contribution is 7.89. The van der Waals surface area contributed by atoms with Crippen molar-refractivity contribution in [2.24, 2.45) is 17.6 Å². The second-order valence-electron chi connectivity index (χ2n) is 6.29. The Morgan fingerprint density at radius 1 is 1.27 bits per heavy atom. The van der Waals surface area contributed by atoms with E-state index in [0.717, 1.165) is 24.8 Å². The lowest BCUT2D eigenvalue weighted by Crippen LogP contribution is -2.34. The third kappa shape index (κ3) is 6.21. The van der Waals surface area contributed by atoms with Gasteiger partial charge >= 0.3 is 0 Å². The lowest BCUT2D eigenvalue weighted by atomic mass is 9.95. The summed E-state index contributed by atoms with van der Waals surface area (Å²) in [6, 6.07) is 6.49. The van der Waals surface area contributed by atoms with E-state index in [9.17, 15) is 13.2 Å². The molecule has 4 N–H and O–H groups in total. The molecule has 0 spiro atoms. The molecule has 1 aromatic carbocycles. The number of sulfonamides is 1. The predicted octanol–water partition coefficient (Wildman–Crippen LogP) is 1.02. The molecule has 1 aliphatic carbocycles. The van der Waals surface area contributed by atoms with Gasteiger partial charge in [-0.2, -0.15) is 0 Å². The fourth-order valence-electron chi connectivity index (χ4n) is 3.13. The van der Waals surface area contributed by atoms with Crippen molar-refractivity contribution < 1.29 is 17.9 Å². The maximum atomic E-state index is 12.3. The number of carbonyl (C=O) groups is 1. The van der Waals surface area contributed by atoms with Gasteiger partial charge in [0.2, 0.25) is 15.9 Å². The first-order chi connectivity index (χ1) is 12.0. The predicted molar refractivity (Wildman–Crippen MR) is 102 cm³/mol. The largest absolute Gasteiger partial charge is 0.383 e. The molecular formula is C17H28ClN3O4S. The number of carbonyl (C=O) groups excluding carboxylic acids is 1. The Bertz CT molecular complexity index is 667. The number of hydrogen-bond acceptors (Lipinski definition) is 5. The van der Waals surface area contributed by atoms with Crippen LogP contribution in [-0.2, 0) is 26.1 Å². The number of benzene rings is 1. The van der Waals surface area contributed by atoms with Crippen LogP contribution in [0.2, 0.25) is 0 Å². The molecule has 7 nitrogen and oxygen atoms in total. The van der Waals surface area contributed by atoms with Crippen molar-refractivity contribution in [3.05, 3.63) is 29.8 Å². The Balaban J connectivity index is 0.00000338. The summed E-state index contributed by atoms with van der Waals surface area (Å²) in [5, 5.41) is 2.93. The number of halogens is 1. The Kier molecular flexibility index (Phi) is 9.52. The average molecular weight is 406 g/mol. The van der Waals surface area contributed by atoms with Gasteiger partial charge in [0.05, 0.1) is 11.5 Å². The molecule has 148 valence electrons. The second kappa shape index (κ2) is 10.8. The highest BCUT2D eigenvalue weighted by Gasteiger charge is 2.31. The Morgan fingerprint density at radius 3 is 2.58 bits per heavy atom. The number of ether oxygens (including phenoxy) is 1. The molecule has 26 heavy (non-hydrogen) atoms. The number of nitrogens with one attached hydrogen (secondary N) is 2. The van der Waals surface area contributed by atoms with Crippen LogP contribution in [0.15, 0.2) is 29.2 Å². The van der Waals surface area contributed by atoms with Crippen molar-refractivity contribution in [1.29, 1.82) is 0 Å². The van der Waals surface area contributed by atoms with Crippen molar-refractivity contribution in [2.75, 3.05) is 26.8 Å². The van der Waals surface area contributed by atoms with Gasteiger partial charge in [0.25, 0.3) is 0 Å². The number of rotatable bonds is 9. The topological polar surface area (TPSA) is 111 Å². The van der Waals surface area contributed by atoms with Crippen molar-refractivity contribution in [2.45, 2.75) is 30.7 Å². The Morgan fingerprint density at radius 2 is 1.96 bits per heavy atom. The van der Waals surface area contributed by atoms with Gasteiger partial charge in [-0.25, -0.2) is 13.1 Å². The minimum absolute atomic E-state index is 0. The molecule has 0 radical (unpaired) electrons. The van der Waals surface area contributed by atoms with Gasteiger partial charge in [0.15, 0.2) is 0 Å². The van der Waals surface area contributed by atoms with Crippen LogP contribution in [0.1, 0.15) is 24.8 Å². The summed E-state index contributed by atoms with van der Waals surface area (Å²) in [7, 11) is -2.02. The van der Waals surface area contributed by atoms with Crippen LogP contribution in [-0.4, -0.2) is 41.1 Å². The molecule has 1 amide bonds. The summed E-state index contributed by atoms with van der Waals surface area (Å²) < 4.78 is 31.4. The molecule has 1 aromatic rings. The number of amides is 1. The second-order valence-corrected chi connectivity index (χ2v) is 8.05. The first-order valence-corrected chi connectivity index (χ1v) is 10.0. The summed E-state index contributed by atoms with van der Waals surface area (Å²) in [4.78, 5) is 12.5. The lowest BCUT2D eigenvalue weighted by Gasteiger charge is -2.17. The quantitative estimate of drug-likeness (QED) is 0.531. The number of hydrogen-bond donors (Lipinski definition) is 3. The fraction of sp³-hybridized carbons (Fsp3) is 0.588. The molecule has 0 unspecified atom stereocenters. The first kappa shape index (κ1) is 22.9.